The minimum absolute atomic E-state index is 0.0264. The third-order valence-corrected chi connectivity index (χ3v) is 6.60. The molecular weight excluding hydrogens is 474 g/mol. The third-order valence-electron chi connectivity index (χ3n) is 6.60. The van der Waals surface area contributed by atoms with Gasteiger partial charge in [0.25, 0.3) is 17.7 Å². The predicted molar refractivity (Wildman–Crippen MR) is 135 cm³/mol. The summed E-state index contributed by atoms with van der Waals surface area (Å²) in [6, 6.07) is 12.6. The molecule has 0 N–H and O–H groups in total. The first-order chi connectivity index (χ1) is 17.7. The van der Waals surface area contributed by atoms with E-state index < -0.39 is 6.10 Å². The number of aromatic nitrogens is 2. The molecule has 0 radical (unpaired) electrons. The second kappa shape index (κ2) is 9.68. The molecule has 2 aromatic carbocycles. The number of hydrogen-bond donors (Lipinski definition) is 0. The largest absolute Gasteiger partial charge is 0.481 e. The maximum absolute atomic E-state index is 13.2. The van der Waals surface area contributed by atoms with Crippen LogP contribution in [0.15, 0.2) is 47.0 Å². The Bertz CT molecular complexity index is 1350. The number of hydrogen-bond acceptors (Lipinski definition) is 7. The summed E-state index contributed by atoms with van der Waals surface area (Å²) in [5, 5.41) is 3.99. The number of ether oxygens (including phenoxy) is 1. The molecule has 1 aromatic heterocycles. The van der Waals surface area contributed by atoms with Crippen LogP contribution in [0.4, 0.5) is 5.69 Å². The van der Waals surface area contributed by atoms with E-state index in [2.05, 4.69) is 10.1 Å². The Morgan fingerprint density at radius 1 is 1.16 bits per heavy atom. The van der Waals surface area contributed by atoms with Gasteiger partial charge < -0.3 is 24.0 Å². The molecule has 0 unspecified atom stereocenters. The number of carbonyl (C=O) groups is 3. The number of carbonyl (C=O) groups excluding carboxylic acids is 3. The Morgan fingerprint density at radius 3 is 2.59 bits per heavy atom. The molecule has 10 heteroatoms. The lowest BCUT2D eigenvalue weighted by Crippen LogP contribution is -2.36. The second-order valence-electron chi connectivity index (χ2n) is 9.81. The number of benzene rings is 2. The maximum atomic E-state index is 13.2. The fourth-order valence-electron chi connectivity index (χ4n) is 4.40. The predicted octanol–water partition coefficient (Wildman–Crippen LogP) is 3.09. The average molecular weight is 504 g/mol. The molecule has 37 heavy (non-hydrogen) atoms. The molecule has 0 aliphatic carbocycles. The van der Waals surface area contributed by atoms with Crippen LogP contribution < -0.4 is 9.64 Å². The molecule has 0 saturated carbocycles. The van der Waals surface area contributed by atoms with Crippen LogP contribution in [0.1, 0.15) is 47.9 Å². The van der Waals surface area contributed by atoms with Crippen LogP contribution in [-0.4, -0.2) is 71.0 Å². The van der Waals surface area contributed by atoms with Crippen molar-refractivity contribution in [3.8, 4) is 17.2 Å². The van der Waals surface area contributed by atoms with E-state index >= 15 is 0 Å². The van der Waals surface area contributed by atoms with Crippen molar-refractivity contribution in [1.82, 2.24) is 19.9 Å². The molecule has 2 aliphatic heterocycles. The summed E-state index contributed by atoms with van der Waals surface area (Å²) in [4.78, 5) is 47.1. The van der Waals surface area contributed by atoms with Gasteiger partial charge in [0, 0.05) is 56.3 Å². The summed E-state index contributed by atoms with van der Waals surface area (Å²) < 4.78 is 11.3. The van der Waals surface area contributed by atoms with Gasteiger partial charge in [-0.2, -0.15) is 4.98 Å². The summed E-state index contributed by atoms with van der Waals surface area (Å²) in [5.74, 6) is 1.33. The van der Waals surface area contributed by atoms with Gasteiger partial charge in [0.2, 0.25) is 5.91 Å². The van der Waals surface area contributed by atoms with Gasteiger partial charge in [0.15, 0.2) is 11.9 Å². The fourth-order valence-corrected chi connectivity index (χ4v) is 4.40. The van der Waals surface area contributed by atoms with Crippen molar-refractivity contribution in [3.63, 3.8) is 0 Å². The van der Waals surface area contributed by atoms with Gasteiger partial charge in [-0.25, -0.2) is 0 Å². The minimum atomic E-state index is -0.625. The van der Waals surface area contributed by atoms with E-state index in [4.69, 9.17) is 9.26 Å². The SMILES string of the molecule is CC(C)c1noc(-c2ccc(O[C@@H]3CCN(c4ccc5c(c4)C(=O)N(CC(=O)N(C)C)C5)C3=O)cc2)n1. The number of fused-ring (bicyclic) bond motifs is 1. The van der Waals surface area contributed by atoms with Crippen LogP contribution in [-0.2, 0) is 16.1 Å². The molecule has 3 aromatic rings. The van der Waals surface area contributed by atoms with E-state index in [1.807, 2.05) is 38.1 Å². The van der Waals surface area contributed by atoms with Gasteiger partial charge in [-0.1, -0.05) is 25.1 Å². The van der Waals surface area contributed by atoms with Crippen LogP contribution in [0.3, 0.4) is 0 Å². The quantitative estimate of drug-likeness (QED) is 0.487. The molecule has 3 amide bonds. The molecule has 0 bridgehead atoms. The summed E-state index contributed by atoms with van der Waals surface area (Å²) in [6.07, 6.45) is -0.101. The highest BCUT2D eigenvalue weighted by atomic mass is 16.5. The first-order valence-electron chi connectivity index (χ1n) is 12.3. The van der Waals surface area contributed by atoms with Gasteiger partial charge in [-0.05, 0) is 42.0 Å². The molecule has 1 saturated heterocycles. The summed E-state index contributed by atoms with van der Waals surface area (Å²) in [5.41, 5.74) is 2.80. The zero-order valence-electron chi connectivity index (χ0n) is 21.3. The smallest absolute Gasteiger partial charge is 0.268 e. The number of nitrogens with zero attached hydrogens (tertiary/aromatic N) is 5. The highest BCUT2D eigenvalue weighted by molar-refractivity contribution is 6.03. The topological polar surface area (TPSA) is 109 Å². The van der Waals surface area contributed by atoms with Gasteiger partial charge in [-0.15, -0.1) is 0 Å². The molecule has 0 spiro atoms. The molecule has 192 valence electrons. The highest BCUT2D eigenvalue weighted by Gasteiger charge is 2.36. The molecule has 10 nitrogen and oxygen atoms in total. The normalized spacial score (nSPS) is 17.1. The van der Waals surface area contributed by atoms with Crippen molar-refractivity contribution in [2.24, 2.45) is 0 Å². The molecular formula is C27H29N5O5. The number of likely N-dealkylation sites (N-methyl/N-ethyl adjacent to an activating group) is 1. The van der Waals surface area contributed by atoms with E-state index in [0.29, 0.717) is 48.2 Å². The van der Waals surface area contributed by atoms with Gasteiger partial charge in [0.1, 0.15) is 12.3 Å². The van der Waals surface area contributed by atoms with Crippen LogP contribution >= 0.6 is 0 Å². The monoisotopic (exact) mass is 503 g/mol. The Hall–Kier alpha value is -4.21. The van der Waals surface area contributed by atoms with E-state index in [0.717, 1.165) is 11.1 Å². The number of amides is 3. The number of rotatable bonds is 7. The lowest BCUT2D eigenvalue weighted by molar-refractivity contribution is -0.129. The summed E-state index contributed by atoms with van der Waals surface area (Å²) in [6.45, 7) is 4.89. The van der Waals surface area contributed by atoms with Crippen molar-refractivity contribution in [2.75, 3.05) is 32.1 Å². The lowest BCUT2D eigenvalue weighted by Gasteiger charge is -2.18. The molecule has 2 aliphatic rings. The Balaban J connectivity index is 1.24. The first kappa shape index (κ1) is 24.5. The van der Waals surface area contributed by atoms with Crippen molar-refractivity contribution < 1.29 is 23.6 Å². The summed E-state index contributed by atoms with van der Waals surface area (Å²) in [7, 11) is 3.33. The second-order valence-corrected chi connectivity index (χ2v) is 9.81. The molecule has 1 atom stereocenters. The van der Waals surface area contributed by atoms with Crippen molar-refractivity contribution in [1.29, 1.82) is 0 Å². The van der Waals surface area contributed by atoms with E-state index in [1.54, 1.807) is 37.2 Å². The standard InChI is InChI=1S/C27H29N5O5/c1-16(2)24-28-25(37-29-24)17-6-9-20(10-7-17)36-22-11-12-32(27(22)35)19-8-5-18-14-31(15-23(33)30(3)4)26(34)21(18)13-19/h5-10,13,16,22H,11-12,14-15H2,1-4H3/t22-/m1/s1. The van der Waals surface area contributed by atoms with E-state index in [9.17, 15) is 14.4 Å². The van der Waals surface area contributed by atoms with Crippen LogP contribution in [0.2, 0.25) is 0 Å². The Morgan fingerprint density at radius 2 is 1.92 bits per heavy atom. The van der Waals surface area contributed by atoms with Gasteiger partial charge in [0.05, 0.1) is 0 Å². The average Bonchev–Trinajstić information content (AvgIpc) is 3.58. The van der Waals surface area contributed by atoms with Crippen LogP contribution in [0.25, 0.3) is 11.5 Å². The lowest BCUT2D eigenvalue weighted by atomic mass is 10.1. The highest BCUT2D eigenvalue weighted by Crippen LogP contribution is 2.31. The zero-order valence-corrected chi connectivity index (χ0v) is 21.3. The molecule has 5 rings (SSSR count). The minimum Gasteiger partial charge on any atom is -0.481 e. The Labute approximate surface area is 214 Å². The van der Waals surface area contributed by atoms with Crippen LogP contribution in [0.5, 0.6) is 5.75 Å². The zero-order chi connectivity index (χ0) is 26.3. The third kappa shape index (κ3) is 4.78. The van der Waals surface area contributed by atoms with Crippen molar-refractivity contribution >= 4 is 23.4 Å². The fraction of sp³-hybridized carbons (Fsp3) is 0.370. The number of anilines is 1. The molecule has 1 fully saturated rings. The summed E-state index contributed by atoms with van der Waals surface area (Å²) >= 11 is 0. The van der Waals surface area contributed by atoms with Crippen LogP contribution in [0, 0.1) is 0 Å². The first-order valence-corrected chi connectivity index (χ1v) is 12.3. The van der Waals surface area contributed by atoms with Gasteiger partial charge >= 0.3 is 0 Å². The van der Waals surface area contributed by atoms with E-state index in [-0.39, 0.29) is 30.2 Å². The van der Waals surface area contributed by atoms with Crippen molar-refractivity contribution in [3.05, 3.63) is 59.4 Å². The maximum Gasteiger partial charge on any atom is 0.268 e. The molecule has 3 heterocycles. The Kier molecular flexibility index (Phi) is 6.41. The van der Waals surface area contributed by atoms with E-state index in [1.165, 1.54) is 9.80 Å². The van der Waals surface area contributed by atoms with Gasteiger partial charge in [-0.3, -0.25) is 14.4 Å². The van der Waals surface area contributed by atoms with Crippen molar-refractivity contribution in [2.45, 2.75) is 38.8 Å².